The molecule has 1 amide bonds. The zero-order chi connectivity index (χ0) is 13.7. The molecule has 0 spiro atoms. The molecular formula is C13H16FNO3. The lowest BCUT2D eigenvalue weighted by Crippen LogP contribution is -2.33. The number of methoxy groups -OCH3 is 1. The van der Waals surface area contributed by atoms with Crippen molar-refractivity contribution in [1.29, 1.82) is 0 Å². The van der Waals surface area contributed by atoms with Gasteiger partial charge in [-0.2, -0.15) is 0 Å². The summed E-state index contributed by atoms with van der Waals surface area (Å²) in [6.45, 7) is 1.56. The summed E-state index contributed by atoms with van der Waals surface area (Å²) in [5.74, 6) is -0.847. The van der Waals surface area contributed by atoms with Crippen molar-refractivity contribution in [1.82, 2.24) is 4.90 Å². The summed E-state index contributed by atoms with van der Waals surface area (Å²) in [6, 6.07) is 4.22. The summed E-state index contributed by atoms with van der Waals surface area (Å²) in [6.07, 6.45) is 0.427. The highest BCUT2D eigenvalue weighted by atomic mass is 19.1. The Labute approximate surface area is 105 Å². The number of amides is 1. The third-order valence-corrected chi connectivity index (χ3v) is 2.61. The second-order valence-corrected chi connectivity index (χ2v) is 3.99. The minimum absolute atomic E-state index is 0.332. The Bertz CT molecular complexity index is 460. The summed E-state index contributed by atoms with van der Waals surface area (Å²) in [4.78, 5) is 23.6. The van der Waals surface area contributed by atoms with Crippen molar-refractivity contribution >= 4 is 11.7 Å². The van der Waals surface area contributed by atoms with Crippen LogP contribution < -0.4 is 4.74 Å². The number of Topliss-reactive ketones (excluding diaryl/α,β-unsaturated/α-hetero) is 1. The lowest BCUT2D eigenvalue weighted by atomic mass is 10.1. The second-order valence-electron chi connectivity index (χ2n) is 3.99. The van der Waals surface area contributed by atoms with Crippen molar-refractivity contribution < 1.29 is 18.7 Å². The fourth-order valence-corrected chi connectivity index (χ4v) is 1.60. The van der Waals surface area contributed by atoms with E-state index in [4.69, 9.17) is 4.74 Å². The van der Waals surface area contributed by atoms with Crippen LogP contribution in [0.2, 0.25) is 0 Å². The van der Waals surface area contributed by atoms with E-state index in [0.717, 1.165) is 0 Å². The molecule has 0 N–H and O–H groups in total. The number of rotatable bonds is 5. The topological polar surface area (TPSA) is 46.6 Å². The highest BCUT2D eigenvalue weighted by Crippen LogP contribution is 2.19. The molecule has 0 aliphatic heterocycles. The van der Waals surface area contributed by atoms with Gasteiger partial charge >= 0.3 is 0 Å². The van der Waals surface area contributed by atoms with Crippen molar-refractivity contribution in [3.05, 3.63) is 29.6 Å². The Kier molecular flexibility index (Phi) is 4.83. The average molecular weight is 253 g/mol. The molecule has 0 fully saturated rings. The molecule has 1 rings (SSSR count). The minimum Gasteiger partial charge on any atom is -0.496 e. The third-order valence-electron chi connectivity index (χ3n) is 2.61. The molecule has 0 radical (unpaired) electrons. The standard InChI is InChI=1S/C13H16FNO3/c1-9(16)13(17)15(2)7-6-10-8-11(14)4-5-12(10)18-3/h4-5,8H,6-7H2,1-3H3. The van der Waals surface area contributed by atoms with Crippen molar-refractivity contribution in [3.8, 4) is 5.75 Å². The number of nitrogens with zero attached hydrogens (tertiary/aromatic N) is 1. The molecule has 0 unspecified atom stereocenters. The van der Waals surface area contributed by atoms with E-state index in [1.165, 1.54) is 44.2 Å². The summed E-state index contributed by atoms with van der Waals surface area (Å²) < 4.78 is 18.2. The van der Waals surface area contributed by atoms with E-state index in [2.05, 4.69) is 0 Å². The molecule has 1 aromatic carbocycles. The SMILES string of the molecule is COc1ccc(F)cc1CCN(C)C(=O)C(C)=O. The van der Waals surface area contributed by atoms with E-state index in [-0.39, 0.29) is 5.82 Å². The molecular weight excluding hydrogens is 237 g/mol. The Morgan fingerprint density at radius 1 is 1.39 bits per heavy atom. The van der Waals surface area contributed by atoms with Crippen molar-refractivity contribution in [3.63, 3.8) is 0 Å². The van der Waals surface area contributed by atoms with Gasteiger partial charge in [0.25, 0.3) is 5.91 Å². The highest BCUT2D eigenvalue weighted by Gasteiger charge is 2.14. The van der Waals surface area contributed by atoms with Crippen LogP contribution in [0.15, 0.2) is 18.2 Å². The second kappa shape index (κ2) is 6.14. The van der Waals surface area contributed by atoms with E-state index in [1.54, 1.807) is 0 Å². The quantitative estimate of drug-likeness (QED) is 0.746. The molecule has 0 bridgehead atoms. The maximum atomic E-state index is 13.1. The number of ether oxygens (including phenoxy) is 1. The van der Waals surface area contributed by atoms with Crippen LogP contribution in [0, 0.1) is 5.82 Å². The summed E-state index contributed by atoms with van der Waals surface area (Å²) in [7, 11) is 3.04. The molecule has 4 nitrogen and oxygen atoms in total. The van der Waals surface area contributed by atoms with Crippen LogP contribution in [0.25, 0.3) is 0 Å². The van der Waals surface area contributed by atoms with Crippen molar-refractivity contribution in [2.75, 3.05) is 20.7 Å². The number of hydrogen-bond acceptors (Lipinski definition) is 3. The highest BCUT2D eigenvalue weighted by molar-refractivity contribution is 6.34. The van der Waals surface area contributed by atoms with Gasteiger partial charge in [0.1, 0.15) is 11.6 Å². The molecule has 0 atom stereocenters. The molecule has 5 heteroatoms. The van der Waals surface area contributed by atoms with Gasteiger partial charge in [0, 0.05) is 20.5 Å². The third kappa shape index (κ3) is 3.55. The van der Waals surface area contributed by atoms with Gasteiger partial charge in [-0.3, -0.25) is 9.59 Å². The number of likely N-dealkylation sites (N-methyl/N-ethyl adjacent to an activating group) is 1. The predicted octanol–water partition coefficient (Wildman–Crippen LogP) is 1.42. The number of carbonyl (C=O) groups is 2. The van der Waals surface area contributed by atoms with E-state index in [0.29, 0.717) is 24.3 Å². The number of ketones is 1. The maximum absolute atomic E-state index is 13.1. The minimum atomic E-state index is -0.551. The first-order valence-corrected chi connectivity index (χ1v) is 5.54. The fourth-order valence-electron chi connectivity index (χ4n) is 1.60. The van der Waals surface area contributed by atoms with Crippen LogP contribution in [0.5, 0.6) is 5.75 Å². The molecule has 0 aliphatic carbocycles. The molecule has 18 heavy (non-hydrogen) atoms. The smallest absolute Gasteiger partial charge is 0.289 e. The van der Waals surface area contributed by atoms with Crippen LogP contribution >= 0.6 is 0 Å². The summed E-state index contributed by atoms with van der Waals surface area (Å²) in [5, 5.41) is 0. The van der Waals surface area contributed by atoms with Gasteiger partial charge in [0.15, 0.2) is 0 Å². The lowest BCUT2D eigenvalue weighted by molar-refractivity contribution is -0.142. The van der Waals surface area contributed by atoms with Gasteiger partial charge in [-0.25, -0.2) is 4.39 Å². The Morgan fingerprint density at radius 2 is 2.06 bits per heavy atom. The number of hydrogen-bond donors (Lipinski definition) is 0. The van der Waals surface area contributed by atoms with Crippen LogP contribution in [0.3, 0.4) is 0 Å². The average Bonchev–Trinajstić information content (AvgIpc) is 2.35. The molecule has 0 aromatic heterocycles. The van der Waals surface area contributed by atoms with Crippen molar-refractivity contribution in [2.24, 2.45) is 0 Å². The van der Waals surface area contributed by atoms with E-state index < -0.39 is 11.7 Å². The molecule has 0 saturated carbocycles. The first-order chi connectivity index (χ1) is 8.45. The molecule has 0 saturated heterocycles. The van der Waals surface area contributed by atoms with Crippen LogP contribution in [0.4, 0.5) is 4.39 Å². The van der Waals surface area contributed by atoms with E-state index in [1.807, 2.05) is 0 Å². The number of carbonyl (C=O) groups excluding carboxylic acids is 2. The zero-order valence-electron chi connectivity index (χ0n) is 10.7. The maximum Gasteiger partial charge on any atom is 0.289 e. The molecule has 1 aromatic rings. The first-order valence-electron chi connectivity index (χ1n) is 5.54. The Hall–Kier alpha value is -1.91. The Morgan fingerprint density at radius 3 is 2.61 bits per heavy atom. The van der Waals surface area contributed by atoms with Crippen LogP contribution in [-0.4, -0.2) is 37.3 Å². The van der Waals surface area contributed by atoms with Gasteiger partial charge in [0.05, 0.1) is 7.11 Å². The Balaban J connectivity index is 2.71. The molecule has 98 valence electrons. The summed E-state index contributed by atoms with van der Waals surface area (Å²) >= 11 is 0. The normalized spacial score (nSPS) is 10.0. The van der Waals surface area contributed by atoms with Crippen molar-refractivity contribution in [2.45, 2.75) is 13.3 Å². The largest absolute Gasteiger partial charge is 0.496 e. The van der Waals surface area contributed by atoms with E-state index >= 15 is 0 Å². The van der Waals surface area contributed by atoms with Gasteiger partial charge in [0.2, 0.25) is 5.78 Å². The monoisotopic (exact) mass is 253 g/mol. The van der Waals surface area contributed by atoms with Gasteiger partial charge in [-0.1, -0.05) is 0 Å². The fraction of sp³-hybridized carbons (Fsp3) is 0.385. The zero-order valence-corrected chi connectivity index (χ0v) is 10.7. The van der Waals surface area contributed by atoms with Crippen LogP contribution in [-0.2, 0) is 16.0 Å². The number of benzene rings is 1. The molecule has 0 heterocycles. The lowest BCUT2D eigenvalue weighted by Gasteiger charge is -2.16. The van der Waals surface area contributed by atoms with Gasteiger partial charge < -0.3 is 9.64 Å². The predicted molar refractivity (Wildman–Crippen MR) is 65.0 cm³/mol. The van der Waals surface area contributed by atoms with Gasteiger partial charge in [-0.15, -0.1) is 0 Å². The van der Waals surface area contributed by atoms with Crippen LogP contribution in [0.1, 0.15) is 12.5 Å². The van der Waals surface area contributed by atoms with E-state index in [9.17, 15) is 14.0 Å². The van der Waals surface area contributed by atoms with Gasteiger partial charge in [-0.05, 0) is 30.2 Å². The first kappa shape index (κ1) is 14.2. The molecule has 0 aliphatic rings. The number of halogens is 1. The summed E-state index contributed by atoms with van der Waals surface area (Å²) in [5.41, 5.74) is 0.667.